The minimum Gasteiger partial charge on any atom is -0.388 e. The Labute approximate surface area is 134 Å². The van der Waals surface area contributed by atoms with Crippen LogP contribution in [0, 0.1) is 0 Å². The smallest absolute Gasteiger partial charge is 0.388 e. The third kappa shape index (κ3) is 6.25. The van der Waals surface area contributed by atoms with E-state index in [1.807, 2.05) is 0 Å². The number of nitrogens with one attached hydrogen (secondary N) is 1. The van der Waals surface area contributed by atoms with Crippen LogP contribution in [0.2, 0.25) is 0 Å². The van der Waals surface area contributed by atoms with Gasteiger partial charge in [-0.2, -0.15) is 0 Å². The van der Waals surface area contributed by atoms with Gasteiger partial charge in [-0.25, -0.2) is 19.5 Å². The van der Waals surface area contributed by atoms with E-state index in [4.69, 9.17) is 30.8 Å². The molecule has 0 aliphatic heterocycles. The Hall–Kier alpha value is -1.99. The van der Waals surface area contributed by atoms with Crippen molar-refractivity contribution in [3.05, 3.63) is 12.7 Å². The molecule has 0 aromatic carbocycles. The highest BCUT2D eigenvalue weighted by Crippen LogP contribution is 2.35. The van der Waals surface area contributed by atoms with Crippen LogP contribution in [-0.4, -0.2) is 76.2 Å². The van der Waals surface area contributed by atoms with Crippen molar-refractivity contribution in [1.29, 1.82) is 0 Å². The number of carbonyl (C=O) groups excluding carboxylic acids is 1. The normalized spacial score (nSPS) is 15.2. The third-order valence-electron chi connectivity index (χ3n) is 2.55. The number of fused-ring (bicyclic) bond motifs is 1. The van der Waals surface area contributed by atoms with Gasteiger partial charge in [-0.1, -0.05) is 0 Å². The summed E-state index contributed by atoms with van der Waals surface area (Å²) >= 11 is 0. The summed E-state index contributed by atoms with van der Waals surface area (Å²) in [4.78, 5) is 40.7. The summed E-state index contributed by atoms with van der Waals surface area (Å²) in [6.45, 7) is -0.893. The van der Waals surface area contributed by atoms with Crippen LogP contribution < -0.4 is 5.73 Å². The number of H-pyrrole nitrogens is 1. The Balaban J connectivity index is 0.000000250. The molecule has 14 heteroatoms. The molecule has 2 rings (SSSR count). The quantitative estimate of drug-likeness (QED) is 0.205. The van der Waals surface area contributed by atoms with Crippen LogP contribution in [0.5, 0.6) is 0 Å². The number of nitrogen functional groups attached to an aromatic ring is 1. The second kappa shape index (κ2) is 8.75. The first-order valence-electron chi connectivity index (χ1n) is 6.25. The van der Waals surface area contributed by atoms with Gasteiger partial charge in [0.1, 0.15) is 30.2 Å². The summed E-state index contributed by atoms with van der Waals surface area (Å²) in [7, 11) is -4.74. The Morgan fingerprint density at radius 1 is 1.29 bits per heavy atom. The van der Waals surface area contributed by atoms with Crippen LogP contribution in [0.3, 0.4) is 0 Å². The molecule has 0 spiro atoms. The van der Waals surface area contributed by atoms with Gasteiger partial charge in [-0.3, -0.25) is 4.52 Å². The van der Waals surface area contributed by atoms with E-state index in [0.29, 0.717) is 17.0 Å². The molecule has 0 fully saturated rings. The van der Waals surface area contributed by atoms with E-state index in [-0.39, 0.29) is 6.29 Å². The van der Waals surface area contributed by atoms with Crippen molar-refractivity contribution in [3.63, 3.8) is 0 Å². The van der Waals surface area contributed by atoms with Crippen molar-refractivity contribution >= 4 is 31.1 Å². The minimum absolute atomic E-state index is 0.0225. The number of hydrogen-bond acceptors (Lipinski definition) is 10. The summed E-state index contributed by atoms with van der Waals surface area (Å²) in [5, 5.41) is 26.6. The molecule has 2 heterocycles. The number of nitrogens with two attached hydrogens (primary N) is 1. The van der Waals surface area contributed by atoms with Gasteiger partial charge in [0.05, 0.1) is 12.9 Å². The molecule has 0 saturated heterocycles. The first kappa shape index (κ1) is 20.1. The molecule has 0 bridgehead atoms. The molecule has 0 saturated carbocycles. The number of phosphoric acid groups is 1. The van der Waals surface area contributed by atoms with Gasteiger partial charge < -0.3 is 40.6 Å². The highest BCUT2D eigenvalue weighted by atomic mass is 31.2. The second-order valence-corrected chi connectivity index (χ2v) is 5.57. The van der Waals surface area contributed by atoms with Crippen LogP contribution in [0.25, 0.3) is 11.2 Å². The monoisotopic (exact) mass is 365 g/mol. The predicted octanol–water partition coefficient (Wildman–Crippen LogP) is -2.69. The van der Waals surface area contributed by atoms with E-state index in [1.165, 1.54) is 12.7 Å². The summed E-state index contributed by atoms with van der Waals surface area (Å²) in [6.07, 6.45) is -2.54. The standard InChI is InChI=1S/C5H5N5.C5H11O8P/c6-4-3-5(9-1-7-3)10-2-8-4;6-1-3(7)5(9)4(8)2-13-14(10,11)12/h1-2H,(H3,6,7,8,9,10);1,3-5,7-9H,2H2,(H2,10,11,12)/t;3-,4+,5-/m.0/s1. The number of aldehydes is 1. The molecule has 134 valence electrons. The van der Waals surface area contributed by atoms with Crippen molar-refractivity contribution in [3.8, 4) is 0 Å². The fourth-order valence-corrected chi connectivity index (χ4v) is 1.71. The van der Waals surface area contributed by atoms with Gasteiger partial charge in [0.25, 0.3) is 0 Å². The number of aliphatic hydroxyl groups excluding tert-OH is 3. The largest absolute Gasteiger partial charge is 0.469 e. The molecule has 0 unspecified atom stereocenters. The van der Waals surface area contributed by atoms with Gasteiger partial charge in [-0.15, -0.1) is 0 Å². The predicted molar refractivity (Wildman–Crippen MR) is 78.2 cm³/mol. The van der Waals surface area contributed by atoms with E-state index in [1.54, 1.807) is 0 Å². The molecule has 0 amide bonds. The molecule has 0 aliphatic carbocycles. The zero-order valence-electron chi connectivity index (χ0n) is 12.0. The molecule has 8 N–H and O–H groups in total. The Morgan fingerprint density at radius 3 is 2.50 bits per heavy atom. The average molecular weight is 365 g/mol. The Kier molecular flexibility index (Phi) is 7.31. The maximum atomic E-state index is 10.1. The van der Waals surface area contributed by atoms with Crippen molar-refractivity contribution < 1.29 is 39.0 Å². The zero-order chi connectivity index (χ0) is 18.3. The van der Waals surface area contributed by atoms with Gasteiger partial charge in [-0.05, 0) is 0 Å². The number of rotatable bonds is 6. The lowest BCUT2D eigenvalue weighted by molar-refractivity contribution is -0.127. The van der Waals surface area contributed by atoms with Crippen LogP contribution >= 0.6 is 7.82 Å². The lowest BCUT2D eigenvalue weighted by Gasteiger charge is -2.19. The van der Waals surface area contributed by atoms with E-state index >= 15 is 0 Å². The molecule has 2 aromatic rings. The van der Waals surface area contributed by atoms with Crippen LogP contribution in [0.1, 0.15) is 0 Å². The highest BCUT2D eigenvalue weighted by Gasteiger charge is 2.27. The highest BCUT2D eigenvalue weighted by molar-refractivity contribution is 7.46. The topological polar surface area (TPSA) is 225 Å². The molecule has 24 heavy (non-hydrogen) atoms. The Morgan fingerprint density at radius 2 is 1.96 bits per heavy atom. The number of aromatic nitrogens is 4. The molecular weight excluding hydrogens is 349 g/mol. The minimum atomic E-state index is -4.74. The molecule has 0 radical (unpaired) electrons. The first-order valence-corrected chi connectivity index (χ1v) is 7.78. The third-order valence-corrected chi connectivity index (χ3v) is 3.03. The molecule has 0 aliphatic rings. The van der Waals surface area contributed by atoms with Crippen LogP contribution in [-0.2, 0) is 13.9 Å². The van der Waals surface area contributed by atoms with E-state index in [2.05, 4.69) is 24.5 Å². The van der Waals surface area contributed by atoms with Crippen molar-refractivity contribution in [2.24, 2.45) is 0 Å². The maximum absolute atomic E-state index is 10.1. The van der Waals surface area contributed by atoms with Gasteiger partial charge in [0, 0.05) is 0 Å². The first-order chi connectivity index (χ1) is 11.2. The van der Waals surface area contributed by atoms with Crippen LogP contribution in [0.15, 0.2) is 12.7 Å². The fraction of sp³-hybridized carbons (Fsp3) is 0.400. The van der Waals surface area contributed by atoms with Gasteiger partial charge >= 0.3 is 7.82 Å². The molecule has 3 atom stereocenters. The zero-order valence-corrected chi connectivity index (χ0v) is 12.9. The van der Waals surface area contributed by atoms with E-state index in [0.717, 1.165) is 0 Å². The number of anilines is 1. The average Bonchev–Trinajstić information content (AvgIpc) is 3.01. The number of hydrogen-bond donors (Lipinski definition) is 7. The summed E-state index contributed by atoms with van der Waals surface area (Å²) in [5.41, 5.74) is 6.78. The van der Waals surface area contributed by atoms with Crippen molar-refractivity contribution in [2.75, 3.05) is 12.3 Å². The van der Waals surface area contributed by atoms with E-state index in [9.17, 15) is 9.36 Å². The second-order valence-electron chi connectivity index (χ2n) is 4.33. The van der Waals surface area contributed by atoms with E-state index < -0.39 is 32.7 Å². The molecule has 13 nitrogen and oxygen atoms in total. The fourth-order valence-electron chi connectivity index (χ4n) is 1.36. The number of nitrogens with zero attached hydrogens (tertiary/aromatic N) is 3. The SMILES string of the molecule is Nc1ncnc2nc[nH]c12.O=C[C@H](O)[C@H](O)[C@H](O)COP(=O)(O)O. The van der Waals surface area contributed by atoms with Crippen molar-refractivity contribution in [1.82, 2.24) is 19.9 Å². The lowest BCUT2D eigenvalue weighted by atomic mass is 10.1. The van der Waals surface area contributed by atoms with Crippen LogP contribution in [0.4, 0.5) is 5.82 Å². The molecule has 2 aromatic heterocycles. The number of aliphatic hydroxyl groups is 3. The van der Waals surface area contributed by atoms with Gasteiger partial charge in [0.15, 0.2) is 17.8 Å². The summed E-state index contributed by atoms with van der Waals surface area (Å²) < 4.78 is 14.0. The number of carbonyl (C=O) groups is 1. The summed E-state index contributed by atoms with van der Waals surface area (Å²) in [5.74, 6) is 0.433. The number of aromatic amines is 1. The molecular formula is C10H16N5O8P. The Bertz CT molecular complexity index is 705. The van der Waals surface area contributed by atoms with Gasteiger partial charge in [0.2, 0.25) is 0 Å². The lowest BCUT2D eigenvalue weighted by Crippen LogP contribution is -2.40. The maximum Gasteiger partial charge on any atom is 0.469 e. The number of phosphoric ester groups is 1. The number of imidazole rings is 1. The summed E-state index contributed by atoms with van der Waals surface area (Å²) in [6, 6.07) is 0. The van der Waals surface area contributed by atoms with Crippen molar-refractivity contribution in [2.45, 2.75) is 18.3 Å².